The van der Waals surface area contributed by atoms with Gasteiger partial charge in [0.2, 0.25) is 0 Å². The molecule has 2 aliphatic rings. The van der Waals surface area contributed by atoms with Crippen molar-refractivity contribution < 1.29 is 52.4 Å². The quantitative estimate of drug-likeness (QED) is 0.0813. The normalized spacial score (nSPS) is 14.3. The monoisotopic (exact) mass is 672 g/mol. The molecule has 0 saturated carbocycles. The Bertz CT molecular complexity index is 1250. The van der Waals surface area contributed by atoms with Gasteiger partial charge in [-0.1, -0.05) is 17.9 Å². The van der Waals surface area contributed by atoms with Crippen LogP contribution in [0.25, 0.3) is 5.57 Å². The number of rotatable bonds is 26. The van der Waals surface area contributed by atoms with Crippen molar-refractivity contribution in [2.45, 2.75) is 0 Å². The van der Waals surface area contributed by atoms with Crippen LogP contribution in [0.3, 0.4) is 0 Å². The maximum absolute atomic E-state index is 13.1. The van der Waals surface area contributed by atoms with Crippen LogP contribution >= 0.6 is 0 Å². The number of Topliss-reactive ketones (excluding diaryl/α,β-unsaturated/α-hetero) is 1. The zero-order valence-electron chi connectivity index (χ0n) is 28.9. The summed E-state index contributed by atoms with van der Waals surface area (Å²) in [5.74, 6) is -0.451. The van der Waals surface area contributed by atoms with E-state index in [9.17, 15) is 9.90 Å². The maximum atomic E-state index is 13.1. The van der Waals surface area contributed by atoms with Gasteiger partial charge in [0.25, 0.3) is 0 Å². The molecule has 12 nitrogen and oxygen atoms in total. The fourth-order valence-corrected chi connectivity index (χ4v) is 4.71. The van der Waals surface area contributed by atoms with Crippen LogP contribution in [0.15, 0.2) is 65.5 Å². The summed E-state index contributed by atoms with van der Waals surface area (Å²) >= 11 is 0. The van der Waals surface area contributed by atoms with Crippen LogP contribution in [-0.2, 0) is 42.7 Å². The van der Waals surface area contributed by atoms with Gasteiger partial charge in [-0.25, -0.2) is 4.58 Å². The molecule has 0 saturated heterocycles. The number of likely N-dealkylation sites (N-methyl/N-ethyl adjacent to an activating group) is 2. The molecule has 0 atom stereocenters. The molecular formula is C36H52N2O10. The standard InChI is InChI=1S/C36H52N2O10/c1-37(13-15-43-21-23-47-27-25-45-19-17-41-3)31-9-5-29(6-10-31)33-35(39)34(36(33)40)30-7-11-32(12-8-30)38(2)14-16-44-22-24-48-28-26-46-20-18-42-4/h5-12H,13-28H2,1-4H3. The van der Waals surface area contributed by atoms with Crippen molar-refractivity contribution >= 4 is 22.8 Å². The average molecular weight is 673 g/mol. The Kier molecular flexibility index (Phi) is 19.0. The predicted molar refractivity (Wildman–Crippen MR) is 182 cm³/mol. The van der Waals surface area contributed by atoms with Gasteiger partial charge < -0.3 is 47.9 Å². The Morgan fingerprint density at radius 1 is 0.625 bits per heavy atom. The number of benzene rings is 1. The predicted octanol–water partition coefficient (Wildman–Crippen LogP) is 1.68. The molecule has 12 heteroatoms. The van der Waals surface area contributed by atoms with Crippen molar-refractivity contribution in [3.63, 3.8) is 0 Å². The SMILES string of the molecule is COCCOCCOCCOCCN(C)c1ccc(C2=C([O-])C(=C3C=CC(=[N+](C)CCOCCOCCOCCOC)C=C3)C2=O)cc1. The van der Waals surface area contributed by atoms with Crippen molar-refractivity contribution in [1.29, 1.82) is 0 Å². The molecule has 0 fully saturated rings. The zero-order valence-corrected chi connectivity index (χ0v) is 28.9. The van der Waals surface area contributed by atoms with Gasteiger partial charge in [-0.3, -0.25) is 4.79 Å². The number of ketones is 1. The first-order valence-corrected chi connectivity index (χ1v) is 16.4. The van der Waals surface area contributed by atoms with E-state index in [0.717, 1.165) is 11.4 Å². The van der Waals surface area contributed by atoms with Crippen LogP contribution in [0.1, 0.15) is 5.56 Å². The van der Waals surface area contributed by atoms with Gasteiger partial charge in [0.15, 0.2) is 18.0 Å². The molecule has 0 heterocycles. The number of allylic oxidation sites excluding steroid dienone is 7. The molecule has 2 aliphatic carbocycles. The van der Waals surface area contributed by atoms with Crippen LogP contribution < -0.4 is 10.0 Å². The number of hydrogen-bond acceptors (Lipinski definition) is 11. The van der Waals surface area contributed by atoms with E-state index in [2.05, 4.69) is 9.48 Å². The van der Waals surface area contributed by atoms with Crippen LogP contribution in [0.5, 0.6) is 0 Å². The van der Waals surface area contributed by atoms with Gasteiger partial charge in [0.05, 0.1) is 85.9 Å². The Hall–Kier alpha value is -3.20. The Labute approximate surface area is 284 Å². The van der Waals surface area contributed by atoms with E-state index in [-0.39, 0.29) is 22.7 Å². The van der Waals surface area contributed by atoms with Crippen molar-refractivity contribution in [3.05, 3.63) is 71.0 Å². The summed E-state index contributed by atoms with van der Waals surface area (Å²) in [5, 5.41) is 13.1. The molecule has 0 N–H and O–H groups in total. The number of ether oxygens (including phenoxy) is 8. The number of carbonyl (C=O) groups is 1. The molecule has 0 aliphatic heterocycles. The summed E-state index contributed by atoms with van der Waals surface area (Å²) in [6, 6.07) is 7.47. The maximum Gasteiger partial charge on any atom is 0.199 e. The molecule has 0 spiro atoms. The third-order valence-electron chi connectivity index (χ3n) is 7.60. The van der Waals surface area contributed by atoms with Crippen molar-refractivity contribution in [1.82, 2.24) is 0 Å². The Morgan fingerprint density at radius 2 is 1.08 bits per heavy atom. The van der Waals surface area contributed by atoms with Gasteiger partial charge >= 0.3 is 0 Å². The second kappa shape index (κ2) is 23.2. The lowest BCUT2D eigenvalue weighted by Crippen LogP contribution is -2.30. The molecule has 3 rings (SSSR count). The first-order valence-electron chi connectivity index (χ1n) is 16.4. The lowest BCUT2D eigenvalue weighted by Gasteiger charge is -2.32. The first-order chi connectivity index (χ1) is 23.5. The van der Waals surface area contributed by atoms with E-state index in [4.69, 9.17) is 37.9 Å². The molecule has 1 aromatic carbocycles. The van der Waals surface area contributed by atoms with Crippen molar-refractivity contribution in [3.8, 4) is 0 Å². The van der Waals surface area contributed by atoms with Gasteiger partial charge in [0.1, 0.15) is 13.7 Å². The third kappa shape index (κ3) is 13.4. The number of methoxy groups -OCH3 is 2. The third-order valence-corrected chi connectivity index (χ3v) is 7.60. The minimum absolute atomic E-state index is 0.225. The minimum Gasteiger partial charge on any atom is -0.871 e. The summed E-state index contributed by atoms with van der Waals surface area (Å²) in [6.45, 7) is 8.88. The molecule has 266 valence electrons. The highest BCUT2D eigenvalue weighted by atomic mass is 16.6. The fourth-order valence-electron chi connectivity index (χ4n) is 4.71. The van der Waals surface area contributed by atoms with E-state index in [1.54, 1.807) is 14.2 Å². The number of nitrogens with zero attached hydrogens (tertiary/aromatic N) is 2. The summed E-state index contributed by atoms with van der Waals surface area (Å²) in [6.07, 6.45) is 7.47. The van der Waals surface area contributed by atoms with Crippen molar-refractivity contribution in [2.24, 2.45) is 0 Å². The molecule has 0 aromatic heterocycles. The highest BCUT2D eigenvalue weighted by Crippen LogP contribution is 2.37. The van der Waals surface area contributed by atoms with Crippen LogP contribution in [0.4, 0.5) is 5.69 Å². The van der Waals surface area contributed by atoms with E-state index < -0.39 is 0 Å². The Morgan fingerprint density at radius 3 is 1.56 bits per heavy atom. The lowest BCUT2D eigenvalue weighted by molar-refractivity contribution is -0.499. The zero-order chi connectivity index (χ0) is 34.4. The highest BCUT2D eigenvalue weighted by Gasteiger charge is 2.30. The van der Waals surface area contributed by atoms with Crippen LogP contribution in [-0.4, -0.2) is 150 Å². The molecule has 0 amide bonds. The van der Waals surface area contributed by atoms with Crippen LogP contribution in [0.2, 0.25) is 0 Å². The van der Waals surface area contributed by atoms with E-state index in [1.165, 1.54) is 0 Å². The largest absolute Gasteiger partial charge is 0.871 e. The Balaban J connectivity index is 1.37. The number of carbonyl (C=O) groups excluding carboxylic acids is 1. The van der Waals surface area contributed by atoms with Gasteiger partial charge in [-0.2, -0.15) is 0 Å². The van der Waals surface area contributed by atoms with E-state index in [1.807, 2.05) is 62.7 Å². The van der Waals surface area contributed by atoms with E-state index in [0.29, 0.717) is 117 Å². The summed E-state index contributed by atoms with van der Waals surface area (Å²) in [4.78, 5) is 15.1. The van der Waals surface area contributed by atoms with Gasteiger partial charge in [-0.05, 0) is 35.4 Å². The molecule has 1 aromatic rings. The smallest absolute Gasteiger partial charge is 0.199 e. The molecule has 0 radical (unpaired) electrons. The summed E-state index contributed by atoms with van der Waals surface area (Å²) in [7, 11) is 7.22. The summed E-state index contributed by atoms with van der Waals surface area (Å²) in [5.41, 5.74) is 3.65. The number of hydrogen-bond donors (Lipinski definition) is 0. The fraction of sp³-hybridized carbons (Fsp3) is 0.556. The van der Waals surface area contributed by atoms with Gasteiger partial charge in [-0.15, -0.1) is 0 Å². The summed E-state index contributed by atoms with van der Waals surface area (Å²) < 4.78 is 44.9. The number of anilines is 1. The lowest BCUT2D eigenvalue weighted by atomic mass is 9.80. The van der Waals surface area contributed by atoms with Gasteiger partial charge in [0, 0.05) is 56.8 Å². The first kappa shape index (κ1) is 39.2. The van der Waals surface area contributed by atoms with E-state index >= 15 is 0 Å². The topological polar surface area (TPSA) is 120 Å². The van der Waals surface area contributed by atoms with Crippen molar-refractivity contribution in [2.75, 3.05) is 139 Å². The highest BCUT2D eigenvalue weighted by molar-refractivity contribution is 6.39. The van der Waals surface area contributed by atoms with Crippen LogP contribution in [0, 0.1) is 0 Å². The molecule has 48 heavy (non-hydrogen) atoms. The average Bonchev–Trinajstić information content (AvgIpc) is 3.10. The second-order valence-corrected chi connectivity index (χ2v) is 11.0. The molecule has 0 bridgehead atoms. The second-order valence-electron chi connectivity index (χ2n) is 11.0. The molecular weight excluding hydrogens is 620 g/mol. The minimum atomic E-state index is -0.225. The molecule has 0 unspecified atom stereocenters.